The fraction of sp³-hybridized carbons (Fsp3) is 0.464. The summed E-state index contributed by atoms with van der Waals surface area (Å²) in [6.45, 7) is 8.37. The van der Waals surface area contributed by atoms with Crippen LogP contribution in [0.5, 0.6) is 0 Å². The van der Waals surface area contributed by atoms with E-state index in [4.69, 9.17) is 15.6 Å². The summed E-state index contributed by atoms with van der Waals surface area (Å²) in [6, 6.07) is 5.38. The molecular formula is C28H37N11OSSi. The molecule has 1 aliphatic rings. The van der Waals surface area contributed by atoms with Crippen molar-refractivity contribution in [1.29, 1.82) is 0 Å². The summed E-state index contributed by atoms with van der Waals surface area (Å²) in [6.07, 6.45) is 13.8. The monoisotopic (exact) mass is 603 g/mol. The van der Waals surface area contributed by atoms with E-state index in [1.807, 2.05) is 12.4 Å². The van der Waals surface area contributed by atoms with Crippen LogP contribution in [-0.4, -0.2) is 69.9 Å². The first kappa shape index (κ1) is 28.5. The molecule has 0 unspecified atom stereocenters. The lowest BCUT2D eigenvalue weighted by Crippen LogP contribution is -2.22. The SMILES string of the molecule is C[Si](C)(C)CCOCn1ccc2c(-c3cnn([C@H]4CC[C@@H](CSc5nnc(-c6ccnc(N)n6)[nH]5)CC4)c3)ncnc21. The van der Waals surface area contributed by atoms with Crippen molar-refractivity contribution in [2.75, 3.05) is 18.1 Å². The van der Waals surface area contributed by atoms with E-state index in [0.29, 0.717) is 30.2 Å². The summed E-state index contributed by atoms with van der Waals surface area (Å²) in [5, 5.41) is 15.1. The third-order valence-electron chi connectivity index (χ3n) is 7.69. The van der Waals surface area contributed by atoms with Gasteiger partial charge in [0.1, 0.15) is 24.4 Å². The zero-order chi connectivity index (χ0) is 29.1. The molecule has 14 heteroatoms. The number of nitrogens with two attached hydrogens (primary N) is 1. The average molecular weight is 604 g/mol. The molecule has 220 valence electrons. The smallest absolute Gasteiger partial charge is 0.220 e. The highest BCUT2D eigenvalue weighted by molar-refractivity contribution is 7.99. The van der Waals surface area contributed by atoms with Crippen molar-refractivity contribution in [3.05, 3.63) is 43.2 Å². The molecule has 5 heterocycles. The molecule has 1 aliphatic carbocycles. The van der Waals surface area contributed by atoms with Crippen molar-refractivity contribution in [1.82, 2.24) is 49.5 Å². The van der Waals surface area contributed by atoms with Crippen LogP contribution in [0.15, 0.2) is 48.4 Å². The van der Waals surface area contributed by atoms with Gasteiger partial charge in [-0.05, 0) is 49.8 Å². The first-order valence-electron chi connectivity index (χ1n) is 14.4. The Hall–Kier alpha value is -3.62. The fourth-order valence-electron chi connectivity index (χ4n) is 5.24. The van der Waals surface area contributed by atoms with E-state index in [-0.39, 0.29) is 5.95 Å². The van der Waals surface area contributed by atoms with Gasteiger partial charge in [0, 0.05) is 50.0 Å². The average Bonchev–Trinajstić information content (AvgIpc) is 3.74. The first-order valence-corrected chi connectivity index (χ1v) is 19.1. The second kappa shape index (κ2) is 12.3. The minimum Gasteiger partial charge on any atom is -0.368 e. The van der Waals surface area contributed by atoms with Gasteiger partial charge >= 0.3 is 0 Å². The van der Waals surface area contributed by atoms with E-state index in [0.717, 1.165) is 71.5 Å². The van der Waals surface area contributed by atoms with E-state index in [1.54, 1.807) is 30.4 Å². The molecule has 0 aliphatic heterocycles. The number of thioether (sulfide) groups is 1. The predicted molar refractivity (Wildman–Crippen MR) is 166 cm³/mol. The van der Waals surface area contributed by atoms with Crippen molar-refractivity contribution >= 4 is 36.8 Å². The molecule has 5 aromatic heterocycles. The van der Waals surface area contributed by atoms with E-state index in [2.05, 4.69) is 76.3 Å². The minimum absolute atomic E-state index is 0.220. The normalized spacial score (nSPS) is 17.7. The molecule has 0 bridgehead atoms. The largest absolute Gasteiger partial charge is 0.368 e. The molecule has 42 heavy (non-hydrogen) atoms. The summed E-state index contributed by atoms with van der Waals surface area (Å²) in [5.41, 5.74) is 9.15. The molecule has 1 fully saturated rings. The molecule has 12 nitrogen and oxygen atoms in total. The molecule has 1 saturated carbocycles. The summed E-state index contributed by atoms with van der Waals surface area (Å²) in [7, 11) is -1.12. The third kappa shape index (κ3) is 6.71. The Morgan fingerprint density at radius 2 is 1.95 bits per heavy atom. The maximum Gasteiger partial charge on any atom is 0.220 e. The van der Waals surface area contributed by atoms with Crippen LogP contribution < -0.4 is 5.73 Å². The Kier molecular flexibility index (Phi) is 8.35. The molecule has 6 rings (SSSR count). The topological polar surface area (TPSA) is 151 Å². The summed E-state index contributed by atoms with van der Waals surface area (Å²) < 4.78 is 10.1. The van der Waals surface area contributed by atoms with Crippen molar-refractivity contribution in [2.24, 2.45) is 5.92 Å². The number of ether oxygens (including phenoxy) is 1. The van der Waals surface area contributed by atoms with Gasteiger partial charge in [0.15, 0.2) is 11.0 Å². The van der Waals surface area contributed by atoms with Crippen LogP contribution in [0.1, 0.15) is 31.7 Å². The van der Waals surface area contributed by atoms with Crippen LogP contribution >= 0.6 is 11.8 Å². The predicted octanol–water partition coefficient (Wildman–Crippen LogP) is 5.29. The number of hydrogen-bond acceptors (Lipinski definition) is 10. The number of aromatic amines is 1. The number of nitrogens with zero attached hydrogens (tertiary/aromatic N) is 9. The second-order valence-corrected chi connectivity index (χ2v) is 18.7. The number of fused-ring (bicyclic) bond motifs is 1. The van der Waals surface area contributed by atoms with E-state index >= 15 is 0 Å². The standard InChI is InChI=1S/C28H37N11OSSi/c1-42(2,3)13-12-40-18-38-11-9-22-24(31-17-32-26(22)38)20-14-33-39(15-20)21-6-4-19(5-7-21)16-41-28-35-25(36-37-28)23-8-10-30-27(29)34-23/h8-11,14-15,17,19,21H,4-7,12-13,16,18H2,1-3H3,(H2,29,30,34)(H,35,36,37)/t19-,21+. The number of anilines is 1. The molecule has 3 N–H and O–H groups in total. The lowest BCUT2D eigenvalue weighted by molar-refractivity contribution is 0.0899. The van der Waals surface area contributed by atoms with Crippen LogP contribution in [0.2, 0.25) is 25.7 Å². The first-order chi connectivity index (χ1) is 20.3. The van der Waals surface area contributed by atoms with Gasteiger partial charge in [-0.2, -0.15) is 5.10 Å². The van der Waals surface area contributed by atoms with Gasteiger partial charge in [-0.15, -0.1) is 10.2 Å². The summed E-state index contributed by atoms with van der Waals surface area (Å²) in [4.78, 5) is 20.6. The van der Waals surface area contributed by atoms with Crippen molar-refractivity contribution in [3.8, 4) is 22.8 Å². The van der Waals surface area contributed by atoms with Gasteiger partial charge in [0.2, 0.25) is 5.95 Å². The minimum atomic E-state index is -1.12. The Morgan fingerprint density at radius 3 is 2.76 bits per heavy atom. The highest BCUT2D eigenvalue weighted by Gasteiger charge is 2.24. The number of hydrogen-bond donors (Lipinski definition) is 2. The third-order valence-corrected chi connectivity index (χ3v) is 10.5. The van der Waals surface area contributed by atoms with Crippen LogP contribution in [0, 0.1) is 5.92 Å². The van der Waals surface area contributed by atoms with E-state index < -0.39 is 8.07 Å². The van der Waals surface area contributed by atoms with Gasteiger partial charge in [-0.1, -0.05) is 31.4 Å². The molecule has 0 saturated heterocycles. The quantitative estimate of drug-likeness (QED) is 0.116. The van der Waals surface area contributed by atoms with Gasteiger partial charge in [0.25, 0.3) is 0 Å². The number of aromatic nitrogens is 10. The van der Waals surface area contributed by atoms with Gasteiger partial charge in [0.05, 0.1) is 17.9 Å². The number of nitrogen functional groups attached to an aromatic ring is 1. The van der Waals surface area contributed by atoms with Gasteiger partial charge in [-0.3, -0.25) is 4.68 Å². The second-order valence-electron chi connectivity index (χ2n) is 12.1. The Labute approximate surface area is 250 Å². The van der Waals surface area contributed by atoms with Crippen molar-refractivity contribution in [2.45, 2.75) is 69.3 Å². The molecule has 5 aromatic rings. The van der Waals surface area contributed by atoms with Crippen LogP contribution in [0.3, 0.4) is 0 Å². The number of H-pyrrole nitrogens is 1. The Morgan fingerprint density at radius 1 is 1.10 bits per heavy atom. The highest BCUT2D eigenvalue weighted by atomic mass is 32.2. The molecule has 0 aromatic carbocycles. The van der Waals surface area contributed by atoms with Crippen molar-refractivity contribution < 1.29 is 4.74 Å². The van der Waals surface area contributed by atoms with Gasteiger partial charge < -0.3 is 20.0 Å². The number of rotatable bonds is 11. The zero-order valence-electron chi connectivity index (χ0n) is 24.3. The molecule has 0 amide bonds. The molecular weight excluding hydrogens is 567 g/mol. The van der Waals surface area contributed by atoms with Crippen LogP contribution in [0.25, 0.3) is 33.8 Å². The van der Waals surface area contributed by atoms with Crippen LogP contribution in [0.4, 0.5) is 5.95 Å². The lowest BCUT2D eigenvalue weighted by Gasteiger charge is -2.28. The Bertz CT molecular complexity index is 1630. The van der Waals surface area contributed by atoms with Gasteiger partial charge in [-0.25, -0.2) is 19.9 Å². The summed E-state index contributed by atoms with van der Waals surface area (Å²) in [5.74, 6) is 2.44. The van der Waals surface area contributed by atoms with E-state index in [1.165, 1.54) is 0 Å². The maximum absolute atomic E-state index is 5.97. The summed E-state index contributed by atoms with van der Waals surface area (Å²) >= 11 is 1.71. The molecule has 0 spiro atoms. The molecule has 0 radical (unpaired) electrons. The van der Waals surface area contributed by atoms with Crippen molar-refractivity contribution in [3.63, 3.8) is 0 Å². The zero-order valence-corrected chi connectivity index (χ0v) is 26.1. The Balaban J connectivity index is 1.03. The maximum atomic E-state index is 5.97. The molecule has 0 atom stereocenters. The van der Waals surface area contributed by atoms with Crippen LogP contribution in [-0.2, 0) is 11.5 Å². The number of nitrogens with one attached hydrogen (secondary N) is 1. The fourth-order valence-corrected chi connectivity index (χ4v) is 7.00. The van der Waals surface area contributed by atoms with E-state index in [9.17, 15) is 0 Å². The highest BCUT2D eigenvalue weighted by Crippen LogP contribution is 2.36. The lowest BCUT2D eigenvalue weighted by atomic mass is 9.87.